The molecule has 0 radical (unpaired) electrons. The van der Waals surface area contributed by atoms with Crippen molar-refractivity contribution in [1.29, 1.82) is 0 Å². The minimum absolute atomic E-state index is 0.159. The quantitative estimate of drug-likeness (QED) is 0.665. The maximum absolute atomic E-state index is 12.4. The number of nitrogens with zero attached hydrogens (tertiary/aromatic N) is 1. The molecule has 0 aliphatic rings. The molecule has 0 bridgehead atoms. The molecule has 6 nitrogen and oxygen atoms in total. The second-order valence-electron chi connectivity index (χ2n) is 5.94. The van der Waals surface area contributed by atoms with Crippen LogP contribution in [0, 0.1) is 6.92 Å². The first-order chi connectivity index (χ1) is 12.9. The number of nitrogens with one attached hydrogen (secondary N) is 2. The average Bonchev–Trinajstić information content (AvgIpc) is 3.17. The normalized spacial score (nSPS) is 11.3. The number of rotatable bonds is 6. The van der Waals surface area contributed by atoms with Crippen molar-refractivity contribution in [2.24, 2.45) is 0 Å². The fourth-order valence-corrected chi connectivity index (χ4v) is 4.03. The Bertz CT molecular complexity index is 1060. The molecule has 27 heavy (non-hydrogen) atoms. The van der Waals surface area contributed by atoms with E-state index in [1.54, 1.807) is 17.5 Å². The van der Waals surface area contributed by atoms with Crippen LogP contribution in [0.2, 0.25) is 0 Å². The highest BCUT2D eigenvalue weighted by atomic mass is 32.2. The van der Waals surface area contributed by atoms with Gasteiger partial charge in [0.25, 0.3) is 5.91 Å². The number of thiazole rings is 1. The summed E-state index contributed by atoms with van der Waals surface area (Å²) in [5.74, 6) is -0.300. The minimum atomic E-state index is -3.52. The van der Waals surface area contributed by atoms with E-state index in [4.69, 9.17) is 0 Å². The fourth-order valence-electron chi connectivity index (χ4n) is 2.42. The van der Waals surface area contributed by atoms with Crippen LogP contribution in [0.15, 0.2) is 58.8 Å². The highest BCUT2D eigenvalue weighted by molar-refractivity contribution is 7.89. The molecule has 0 fully saturated rings. The smallest absolute Gasteiger partial charge is 0.271 e. The lowest BCUT2D eigenvalue weighted by atomic mass is 10.2. The third-order valence-electron chi connectivity index (χ3n) is 3.97. The summed E-state index contributed by atoms with van der Waals surface area (Å²) in [7, 11) is -2.16. The van der Waals surface area contributed by atoms with Crippen LogP contribution in [0.3, 0.4) is 0 Å². The van der Waals surface area contributed by atoms with Crippen LogP contribution in [0.1, 0.15) is 21.6 Å². The van der Waals surface area contributed by atoms with Gasteiger partial charge >= 0.3 is 0 Å². The molecule has 8 heteroatoms. The van der Waals surface area contributed by atoms with E-state index in [2.05, 4.69) is 15.0 Å². The van der Waals surface area contributed by atoms with Gasteiger partial charge in [-0.25, -0.2) is 18.1 Å². The highest BCUT2D eigenvalue weighted by Crippen LogP contribution is 2.24. The predicted octanol–water partition coefficient (Wildman–Crippen LogP) is 2.96. The molecular weight excluding hydrogens is 382 g/mol. The number of hydrogen-bond acceptors (Lipinski definition) is 5. The van der Waals surface area contributed by atoms with E-state index in [9.17, 15) is 13.2 Å². The lowest BCUT2D eigenvalue weighted by molar-refractivity contribution is 0.0946. The summed E-state index contributed by atoms with van der Waals surface area (Å²) < 4.78 is 26.0. The lowest BCUT2D eigenvalue weighted by Gasteiger charge is -2.07. The van der Waals surface area contributed by atoms with Crippen LogP contribution in [-0.4, -0.2) is 26.4 Å². The summed E-state index contributed by atoms with van der Waals surface area (Å²) in [6.07, 6.45) is 0. The molecule has 2 aromatic carbocycles. The Kier molecular flexibility index (Phi) is 5.69. The van der Waals surface area contributed by atoms with E-state index in [-0.39, 0.29) is 17.3 Å². The van der Waals surface area contributed by atoms with Crippen molar-refractivity contribution in [3.05, 3.63) is 70.7 Å². The fraction of sp³-hybridized carbons (Fsp3) is 0.158. The summed E-state index contributed by atoms with van der Waals surface area (Å²) in [5, 5.41) is 5.27. The van der Waals surface area contributed by atoms with Crippen molar-refractivity contribution in [3.63, 3.8) is 0 Å². The van der Waals surface area contributed by atoms with Gasteiger partial charge in [0.1, 0.15) is 10.7 Å². The van der Waals surface area contributed by atoms with Gasteiger partial charge in [-0.15, -0.1) is 11.3 Å². The SMILES string of the molecule is CNS(=O)(=O)c1cccc(CNC(=O)c2csc(-c3ccc(C)cc3)n2)c1. The third-order valence-corrected chi connectivity index (χ3v) is 6.27. The molecule has 0 aliphatic heterocycles. The Morgan fingerprint density at radius 1 is 1.15 bits per heavy atom. The molecule has 0 saturated heterocycles. The molecule has 1 amide bonds. The van der Waals surface area contributed by atoms with E-state index < -0.39 is 10.0 Å². The Hall–Kier alpha value is -2.55. The molecule has 0 atom stereocenters. The van der Waals surface area contributed by atoms with Gasteiger partial charge in [0, 0.05) is 17.5 Å². The van der Waals surface area contributed by atoms with Gasteiger partial charge in [-0.05, 0) is 31.7 Å². The molecule has 1 aromatic heterocycles. The van der Waals surface area contributed by atoms with E-state index >= 15 is 0 Å². The van der Waals surface area contributed by atoms with E-state index in [0.29, 0.717) is 11.3 Å². The largest absolute Gasteiger partial charge is 0.347 e. The average molecular weight is 402 g/mol. The van der Waals surface area contributed by atoms with Crippen LogP contribution in [-0.2, 0) is 16.6 Å². The summed E-state index contributed by atoms with van der Waals surface area (Å²) in [5.41, 5.74) is 3.16. The molecule has 2 N–H and O–H groups in total. The van der Waals surface area contributed by atoms with Gasteiger partial charge in [0.2, 0.25) is 10.0 Å². The maximum atomic E-state index is 12.4. The van der Waals surface area contributed by atoms with Gasteiger partial charge in [0.05, 0.1) is 4.90 Å². The van der Waals surface area contributed by atoms with Gasteiger partial charge in [-0.2, -0.15) is 0 Å². The Labute approximate surface area is 162 Å². The molecule has 0 aliphatic carbocycles. The second-order valence-corrected chi connectivity index (χ2v) is 8.69. The summed E-state index contributed by atoms with van der Waals surface area (Å²) >= 11 is 1.41. The number of sulfonamides is 1. The number of benzene rings is 2. The number of aryl methyl sites for hydroxylation is 1. The number of carbonyl (C=O) groups excluding carboxylic acids is 1. The van der Waals surface area contributed by atoms with Gasteiger partial charge in [-0.3, -0.25) is 4.79 Å². The molecule has 3 rings (SSSR count). The van der Waals surface area contributed by atoms with Crippen molar-refractivity contribution < 1.29 is 13.2 Å². The third kappa shape index (κ3) is 4.60. The van der Waals surface area contributed by atoms with E-state index in [1.807, 2.05) is 31.2 Å². The number of aromatic nitrogens is 1. The maximum Gasteiger partial charge on any atom is 0.271 e. The summed E-state index contributed by atoms with van der Waals surface area (Å²) in [4.78, 5) is 16.9. The second kappa shape index (κ2) is 7.99. The zero-order valence-corrected chi connectivity index (χ0v) is 16.5. The number of hydrogen-bond donors (Lipinski definition) is 2. The zero-order valence-electron chi connectivity index (χ0n) is 14.9. The molecule has 0 unspecified atom stereocenters. The van der Waals surface area contributed by atoms with Crippen molar-refractivity contribution in [2.45, 2.75) is 18.4 Å². The lowest BCUT2D eigenvalue weighted by Crippen LogP contribution is -2.23. The first kappa shape index (κ1) is 19.2. The van der Waals surface area contributed by atoms with E-state index in [0.717, 1.165) is 16.1 Å². The van der Waals surface area contributed by atoms with Gasteiger partial charge in [-0.1, -0.05) is 42.0 Å². The summed E-state index contributed by atoms with van der Waals surface area (Å²) in [6, 6.07) is 14.4. The van der Waals surface area contributed by atoms with Crippen LogP contribution < -0.4 is 10.0 Å². The highest BCUT2D eigenvalue weighted by Gasteiger charge is 2.14. The van der Waals surface area contributed by atoms with Crippen molar-refractivity contribution in [1.82, 2.24) is 15.0 Å². The predicted molar refractivity (Wildman–Crippen MR) is 106 cm³/mol. The van der Waals surface area contributed by atoms with Crippen LogP contribution >= 0.6 is 11.3 Å². The molecular formula is C19H19N3O3S2. The van der Waals surface area contributed by atoms with Crippen molar-refractivity contribution >= 4 is 27.3 Å². The molecule has 140 valence electrons. The molecule has 1 heterocycles. The van der Waals surface area contributed by atoms with Crippen LogP contribution in [0.4, 0.5) is 0 Å². The molecule has 3 aromatic rings. The van der Waals surface area contributed by atoms with Crippen LogP contribution in [0.5, 0.6) is 0 Å². The molecule has 0 spiro atoms. The van der Waals surface area contributed by atoms with Crippen LogP contribution in [0.25, 0.3) is 10.6 Å². The number of amides is 1. The minimum Gasteiger partial charge on any atom is -0.347 e. The summed E-state index contributed by atoms with van der Waals surface area (Å²) in [6.45, 7) is 2.23. The van der Waals surface area contributed by atoms with Gasteiger partial charge in [0.15, 0.2) is 0 Å². The Morgan fingerprint density at radius 3 is 2.59 bits per heavy atom. The first-order valence-electron chi connectivity index (χ1n) is 8.22. The Morgan fingerprint density at radius 2 is 1.89 bits per heavy atom. The van der Waals surface area contributed by atoms with Crippen molar-refractivity contribution in [2.75, 3.05) is 7.05 Å². The van der Waals surface area contributed by atoms with Gasteiger partial charge < -0.3 is 5.32 Å². The first-order valence-corrected chi connectivity index (χ1v) is 10.6. The topological polar surface area (TPSA) is 88.2 Å². The van der Waals surface area contributed by atoms with Crippen molar-refractivity contribution in [3.8, 4) is 10.6 Å². The number of carbonyl (C=O) groups is 1. The Balaban J connectivity index is 1.68. The standard InChI is InChI=1S/C19H19N3O3S2/c1-13-6-8-15(9-7-13)19-22-17(12-26-19)18(23)21-11-14-4-3-5-16(10-14)27(24,25)20-2/h3-10,12,20H,11H2,1-2H3,(H,21,23). The zero-order chi connectivity index (χ0) is 19.4. The monoisotopic (exact) mass is 401 g/mol. The molecule has 0 saturated carbocycles. The van der Waals surface area contributed by atoms with E-state index in [1.165, 1.54) is 30.5 Å².